The molecule has 1 aromatic heterocycles. The van der Waals surface area contributed by atoms with Crippen LogP contribution < -0.4 is 0 Å². The van der Waals surface area contributed by atoms with E-state index in [9.17, 15) is 14.4 Å². The first-order chi connectivity index (χ1) is 12.1. The number of thioether (sulfide) groups is 1. The number of amides is 2. The van der Waals surface area contributed by atoms with Crippen molar-refractivity contribution in [3.05, 3.63) is 53.1 Å². The van der Waals surface area contributed by atoms with Gasteiger partial charge in [-0.1, -0.05) is 30.0 Å². The number of ether oxygens (including phenoxy) is 1. The summed E-state index contributed by atoms with van der Waals surface area (Å²) in [5, 5.41) is 0.165. The summed E-state index contributed by atoms with van der Waals surface area (Å²) in [6.45, 7) is -0.397. The second-order valence-corrected chi connectivity index (χ2v) is 6.99. The lowest BCUT2D eigenvalue weighted by Crippen LogP contribution is -2.34. The fourth-order valence-corrected chi connectivity index (χ4v) is 3.65. The molecule has 1 fully saturated rings. The van der Waals surface area contributed by atoms with Gasteiger partial charge in [0.05, 0.1) is 12.0 Å². The van der Waals surface area contributed by atoms with Crippen LogP contribution in [-0.4, -0.2) is 35.7 Å². The second kappa shape index (κ2) is 7.62. The van der Waals surface area contributed by atoms with Crippen LogP contribution in [0, 0.1) is 0 Å². The average molecular weight is 375 g/mol. The number of rotatable bonds is 5. The lowest BCUT2D eigenvalue weighted by Gasteiger charge is -2.09. The number of benzene rings is 1. The van der Waals surface area contributed by atoms with Crippen LogP contribution in [0.4, 0.5) is 4.79 Å². The van der Waals surface area contributed by atoms with Gasteiger partial charge in [-0.25, -0.2) is 0 Å². The Hall–Kier alpha value is -2.45. The van der Waals surface area contributed by atoms with Crippen LogP contribution >= 0.6 is 23.5 Å². The van der Waals surface area contributed by atoms with Gasteiger partial charge >= 0.3 is 5.97 Å². The van der Waals surface area contributed by atoms with Crippen molar-refractivity contribution in [2.75, 3.05) is 13.7 Å². The van der Waals surface area contributed by atoms with E-state index in [0.29, 0.717) is 10.9 Å². The molecule has 1 aromatic carbocycles. The Balaban J connectivity index is 1.72. The van der Waals surface area contributed by atoms with E-state index in [1.54, 1.807) is 12.1 Å². The molecule has 0 radical (unpaired) electrons. The molecule has 2 amide bonds. The zero-order chi connectivity index (χ0) is 17.8. The van der Waals surface area contributed by atoms with Crippen molar-refractivity contribution in [3.63, 3.8) is 0 Å². The molecule has 0 atom stereocenters. The van der Waals surface area contributed by atoms with Gasteiger partial charge < -0.3 is 9.15 Å². The summed E-state index contributed by atoms with van der Waals surface area (Å²) in [5.74, 6) is -0.723. The predicted molar refractivity (Wildman–Crippen MR) is 94.0 cm³/mol. The number of carbonyl (C=O) groups excluding carboxylic acids is 3. The van der Waals surface area contributed by atoms with Gasteiger partial charge in [-0.2, -0.15) is 0 Å². The lowest BCUT2D eigenvalue weighted by atomic mass is 10.3. The lowest BCUT2D eigenvalue weighted by molar-refractivity contribution is -0.143. The number of hydrogen-bond acceptors (Lipinski definition) is 7. The number of methoxy groups -OCH3 is 1. The average Bonchev–Trinajstić information content (AvgIpc) is 3.15. The molecule has 8 heteroatoms. The molecule has 25 heavy (non-hydrogen) atoms. The molecule has 2 heterocycles. The van der Waals surface area contributed by atoms with E-state index < -0.39 is 23.7 Å². The van der Waals surface area contributed by atoms with Crippen molar-refractivity contribution >= 4 is 46.7 Å². The van der Waals surface area contributed by atoms with E-state index in [1.165, 1.54) is 24.9 Å². The zero-order valence-corrected chi connectivity index (χ0v) is 14.8. The highest BCUT2D eigenvalue weighted by Crippen LogP contribution is 2.34. The molecule has 128 valence electrons. The van der Waals surface area contributed by atoms with Crippen LogP contribution in [0.1, 0.15) is 5.76 Å². The van der Waals surface area contributed by atoms with E-state index >= 15 is 0 Å². The molecule has 1 aliphatic heterocycles. The highest BCUT2D eigenvalue weighted by molar-refractivity contribution is 8.18. The van der Waals surface area contributed by atoms with Crippen LogP contribution in [0.2, 0.25) is 0 Å². The molecule has 1 saturated heterocycles. The maximum atomic E-state index is 12.2. The van der Waals surface area contributed by atoms with E-state index in [1.807, 2.05) is 30.3 Å². The van der Waals surface area contributed by atoms with Crippen LogP contribution in [0.15, 0.2) is 61.8 Å². The van der Waals surface area contributed by atoms with Crippen molar-refractivity contribution in [1.29, 1.82) is 0 Å². The normalized spacial score (nSPS) is 15.9. The van der Waals surface area contributed by atoms with E-state index in [0.717, 1.165) is 21.6 Å². The van der Waals surface area contributed by atoms with E-state index in [2.05, 4.69) is 4.74 Å². The summed E-state index contributed by atoms with van der Waals surface area (Å²) in [5.41, 5.74) is 0. The maximum absolute atomic E-state index is 12.2. The molecule has 2 aromatic rings. The van der Waals surface area contributed by atoms with Crippen molar-refractivity contribution in [3.8, 4) is 0 Å². The van der Waals surface area contributed by atoms with Crippen molar-refractivity contribution in [1.82, 2.24) is 4.90 Å². The first-order valence-electron chi connectivity index (χ1n) is 7.22. The molecule has 0 unspecified atom stereocenters. The Morgan fingerprint density at radius 2 is 2.00 bits per heavy atom. The summed E-state index contributed by atoms with van der Waals surface area (Å²) < 4.78 is 10.2. The molecule has 6 nitrogen and oxygen atoms in total. The number of carbonyl (C=O) groups is 3. The number of imide groups is 1. The van der Waals surface area contributed by atoms with Crippen molar-refractivity contribution in [2.24, 2.45) is 0 Å². The molecular weight excluding hydrogens is 362 g/mol. The highest BCUT2D eigenvalue weighted by Gasteiger charge is 2.36. The first kappa shape index (κ1) is 17.4. The summed E-state index contributed by atoms with van der Waals surface area (Å²) in [6.07, 6.45) is 1.50. The molecule has 0 bridgehead atoms. The van der Waals surface area contributed by atoms with Crippen LogP contribution in [0.3, 0.4) is 0 Å². The third-order valence-corrected chi connectivity index (χ3v) is 5.06. The van der Waals surface area contributed by atoms with Gasteiger partial charge in [0, 0.05) is 11.0 Å². The smallest absolute Gasteiger partial charge is 0.325 e. The minimum Gasteiger partial charge on any atom is -0.468 e. The fourth-order valence-electron chi connectivity index (χ4n) is 2.03. The fraction of sp³-hybridized carbons (Fsp3) is 0.118. The Bertz CT molecular complexity index is 844. The first-order valence-corrected chi connectivity index (χ1v) is 8.85. The Morgan fingerprint density at radius 3 is 2.72 bits per heavy atom. The monoisotopic (exact) mass is 375 g/mol. The van der Waals surface area contributed by atoms with Crippen molar-refractivity contribution < 1.29 is 23.5 Å². The molecule has 3 rings (SSSR count). The predicted octanol–water partition coefficient (Wildman–Crippen LogP) is 3.64. The highest BCUT2D eigenvalue weighted by atomic mass is 32.2. The standard InChI is InChI=1S/C17H13NO5S2/c1-22-14(19)10-18-16(20)13(25-17(18)21)9-11-7-8-15(23-11)24-12-5-3-2-4-6-12/h2-9H,10H2,1H3. The minimum atomic E-state index is -0.650. The summed E-state index contributed by atoms with van der Waals surface area (Å²) in [4.78, 5) is 37.5. The quantitative estimate of drug-likeness (QED) is 0.583. The Morgan fingerprint density at radius 1 is 1.24 bits per heavy atom. The second-order valence-electron chi connectivity index (χ2n) is 4.92. The Kier molecular flexibility index (Phi) is 5.30. The van der Waals surface area contributed by atoms with Crippen LogP contribution in [0.5, 0.6) is 0 Å². The third-order valence-electron chi connectivity index (χ3n) is 3.23. The van der Waals surface area contributed by atoms with Gasteiger partial charge in [0.2, 0.25) is 0 Å². The molecule has 1 aliphatic rings. The van der Waals surface area contributed by atoms with Crippen molar-refractivity contribution in [2.45, 2.75) is 9.99 Å². The van der Waals surface area contributed by atoms with Gasteiger partial charge in [0.15, 0.2) is 5.09 Å². The van der Waals surface area contributed by atoms with Crippen LogP contribution in [-0.2, 0) is 14.3 Å². The number of esters is 1. The zero-order valence-electron chi connectivity index (χ0n) is 13.1. The molecule has 0 saturated carbocycles. The van der Waals surface area contributed by atoms with Gasteiger partial charge in [0.1, 0.15) is 12.3 Å². The Labute approximate surface area is 152 Å². The summed E-state index contributed by atoms with van der Waals surface area (Å²) in [7, 11) is 1.20. The van der Waals surface area contributed by atoms with Gasteiger partial charge in [-0.3, -0.25) is 19.3 Å². The van der Waals surface area contributed by atoms with E-state index in [4.69, 9.17) is 4.42 Å². The SMILES string of the molecule is COC(=O)CN1C(=O)SC(=Cc2ccc(Sc3ccccc3)o2)C1=O. The molecule has 0 aliphatic carbocycles. The minimum absolute atomic E-state index is 0.208. The van der Waals surface area contributed by atoms with Gasteiger partial charge in [0.25, 0.3) is 11.1 Å². The molecule has 0 N–H and O–H groups in total. The molecule has 0 spiro atoms. The number of nitrogens with zero attached hydrogens (tertiary/aromatic N) is 1. The summed E-state index contributed by atoms with van der Waals surface area (Å²) in [6, 6.07) is 13.2. The number of hydrogen-bond donors (Lipinski definition) is 0. The number of furan rings is 1. The van der Waals surface area contributed by atoms with Crippen LogP contribution in [0.25, 0.3) is 6.08 Å². The van der Waals surface area contributed by atoms with Gasteiger partial charge in [-0.05, 0) is 36.0 Å². The van der Waals surface area contributed by atoms with E-state index in [-0.39, 0.29) is 4.91 Å². The van der Waals surface area contributed by atoms with Gasteiger partial charge in [-0.15, -0.1) is 0 Å². The topological polar surface area (TPSA) is 76.8 Å². The maximum Gasteiger partial charge on any atom is 0.325 e. The molecular formula is C17H13NO5S2. The third kappa shape index (κ3) is 4.15. The largest absolute Gasteiger partial charge is 0.468 e. The summed E-state index contributed by atoms with van der Waals surface area (Å²) >= 11 is 2.22.